The van der Waals surface area contributed by atoms with Crippen molar-refractivity contribution < 1.29 is 9.90 Å². The van der Waals surface area contributed by atoms with Gasteiger partial charge in [-0.2, -0.15) is 0 Å². The molecule has 0 heterocycles. The Morgan fingerprint density at radius 3 is 2.81 bits per heavy atom. The molecule has 0 aliphatic heterocycles. The number of amides is 1. The first-order chi connectivity index (χ1) is 10.1. The highest BCUT2D eigenvalue weighted by Gasteiger charge is 2.32. The van der Waals surface area contributed by atoms with Crippen molar-refractivity contribution in [3.8, 4) is 0 Å². The van der Waals surface area contributed by atoms with Gasteiger partial charge in [-0.25, -0.2) is 0 Å². The van der Waals surface area contributed by atoms with E-state index >= 15 is 0 Å². The molecule has 5 heteroatoms. The van der Waals surface area contributed by atoms with Crippen LogP contribution in [0, 0.1) is 0 Å². The quantitative estimate of drug-likeness (QED) is 0.855. The van der Waals surface area contributed by atoms with E-state index in [0.717, 1.165) is 11.1 Å². The third-order valence-electron chi connectivity index (χ3n) is 3.67. The Balaban J connectivity index is 1.85. The Bertz CT molecular complexity index is 704. The van der Waals surface area contributed by atoms with E-state index in [1.807, 2.05) is 24.3 Å². The van der Waals surface area contributed by atoms with Crippen molar-refractivity contribution in [2.45, 2.75) is 18.6 Å². The van der Waals surface area contributed by atoms with Gasteiger partial charge in [0, 0.05) is 15.9 Å². The van der Waals surface area contributed by atoms with Crippen LogP contribution in [0.4, 0.5) is 0 Å². The number of hydrogen-bond donors (Lipinski definition) is 2. The molecule has 0 bridgehead atoms. The van der Waals surface area contributed by atoms with Gasteiger partial charge in [0.05, 0.1) is 17.7 Å². The van der Waals surface area contributed by atoms with E-state index in [9.17, 15) is 9.90 Å². The molecule has 21 heavy (non-hydrogen) atoms. The third kappa shape index (κ3) is 2.84. The molecule has 0 radical (unpaired) electrons. The number of hydrogen-bond acceptors (Lipinski definition) is 2. The third-order valence-corrected chi connectivity index (χ3v) is 4.56. The molecule has 3 rings (SSSR count). The predicted octanol–water partition coefficient (Wildman–Crippen LogP) is 3.49. The monoisotopic (exact) mass is 365 g/mol. The van der Waals surface area contributed by atoms with Gasteiger partial charge in [0.25, 0.3) is 5.91 Å². The number of nitrogens with one attached hydrogen (secondary N) is 1. The highest BCUT2D eigenvalue weighted by Crippen LogP contribution is 2.32. The number of halogens is 2. The molecule has 2 N–H and O–H groups in total. The maximum atomic E-state index is 12.4. The average Bonchev–Trinajstić information content (AvgIpc) is 2.75. The number of aliphatic hydroxyl groups excluding tert-OH is 1. The molecule has 2 aromatic carbocycles. The summed E-state index contributed by atoms with van der Waals surface area (Å²) in [5.74, 6) is -0.237. The Morgan fingerprint density at radius 1 is 1.29 bits per heavy atom. The topological polar surface area (TPSA) is 49.3 Å². The van der Waals surface area contributed by atoms with E-state index in [1.54, 1.807) is 18.2 Å². The molecule has 0 spiro atoms. The van der Waals surface area contributed by atoms with Gasteiger partial charge in [-0.15, -0.1) is 0 Å². The van der Waals surface area contributed by atoms with E-state index < -0.39 is 6.10 Å². The van der Waals surface area contributed by atoms with E-state index in [4.69, 9.17) is 11.6 Å². The van der Waals surface area contributed by atoms with E-state index in [-0.39, 0.29) is 11.9 Å². The van der Waals surface area contributed by atoms with Crippen molar-refractivity contribution in [2.75, 3.05) is 0 Å². The highest BCUT2D eigenvalue weighted by atomic mass is 79.9. The molecule has 0 fully saturated rings. The van der Waals surface area contributed by atoms with Crippen LogP contribution in [0.5, 0.6) is 0 Å². The minimum Gasteiger partial charge on any atom is -0.390 e. The second-order valence-corrected chi connectivity index (χ2v) is 6.34. The summed E-state index contributed by atoms with van der Waals surface area (Å²) in [5, 5.41) is 13.6. The predicted molar refractivity (Wildman–Crippen MR) is 85.5 cm³/mol. The molecule has 1 aliphatic carbocycles. The molecule has 0 saturated carbocycles. The second-order valence-electron chi connectivity index (χ2n) is 5.05. The van der Waals surface area contributed by atoms with Crippen LogP contribution in [0.25, 0.3) is 0 Å². The van der Waals surface area contributed by atoms with Crippen molar-refractivity contribution in [2.24, 2.45) is 0 Å². The zero-order chi connectivity index (χ0) is 15.0. The molecule has 0 unspecified atom stereocenters. The number of rotatable bonds is 2. The normalized spacial score (nSPS) is 20.1. The minimum atomic E-state index is -0.600. The van der Waals surface area contributed by atoms with Crippen LogP contribution in [0.3, 0.4) is 0 Å². The summed E-state index contributed by atoms with van der Waals surface area (Å²) in [7, 11) is 0. The first kappa shape index (κ1) is 14.6. The van der Waals surface area contributed by atoms with Crippen molar-refractivity contribution in [1.82, 2.24) is 5.32 Å². The number of aliphatic hydroxyl groups is 1. The van der Waals surface area contributed by atoms with E-state index in [0.29, 0.717) is 21.5 Å². The lowest BCUT2D eigenvalue weighted by Crippen LogP contribution is -2.34. The number of fused-ring (bicyclic) bond motifs is 1. The summed E-state index contributed by atoms with van der Waals surface area (Å²) >= 11 is 9.22. The summed E-state index contributed by atoms with van der Waals surface area (Å²) < 4.78 is 0.633. The standard InChI is InChI=1S/C16H13BrClNO2/c17-13-8-10(18)5-6-12(13)16(21)19-15-11-4-2-1-3-9(11)7-14(15)20/h1-6,8,14-15,20H,7H2,(H,19,21)/t14-,15+/m1/s1. The Kier molecular flexibility index (Phi) is 4.02. The molecule has 1 amide bonds. The SMILES string of the molecule is O=C(N[C@H]1c2ccccc2C[C@H]1O)c1ccc(Cl)cc1Br. The van der Waals surface area contributed by atoms with E-state index in [1.165, 1.54) is 0 Å². The smallest absolute Gasteiger partial charge is 0.253 e. The number of carbonyl (C=O) groups is 1. The fourth-order valence-electron chi connectivity index (χ4n) is 2.64. The summed E-state index contributed by atoms with van der Waals surface area (Å²) in [4.78, 5) is 12.4. The van der Waals surface area contributed by atoms with Crippen LogP contribution in [0.1, 0.15) is 27.5 Å². The van der Waals surface area contributed by atoms with Crippen LogP contribution >= 0.6 is 27.5 Å². The van der Waals surface area contributed by atoms with Crippen LogP contribution in [-0.4, -0.2) is 17.1 Å². The van der Waals surface area contributed by atoms with Crippen LogP contribution in [0.2, 0.25) is 5.02 Å². The lowest BCUT2D eigenvalue weighted by atomic mass is 10.1. The Labute approximate surface area is 136 Å². The van der Waals surface area contributed by atoms with Gasteiger partial charge in [-0.05, 0) is 45.3 Å². The molecular weight excluding hydrogens is 354 g/mol. The molecule has 0 saturated heterocycles. The summed E-state index contributed by atoms with van der Waals surface area (Å²) in [5.41, 5.74) is 2.55. The van der Waals surface area contributed by atoms with Crippen molar-refractivity contribution in [1.29, 1.82) is 0 Å². The van der Waals surface area contributed by atoms with Crippen molar-refractivity contribution in [3.63, 3.8) is 0 Å². The maximum absolute atomic E-state index is 12.4. The fourth-order valence-corrected chi connectivity index (χ4v) is 3.50. The first-order valence-electron chi connectivity index (χ1n) is 6.58. The van der Waals surface area contributed by atoms with Gasteiger partial charge in [-0.1, -0.05) is 35.9 Å². The van der Waals surface area contributed by atoms with Crippen LogP contribution in [-0.2, 0) is 6.42 Å². The fraction of sp³-hybridized carbons (Fsp3) is 0.188. The zero-order valence-electron chi connectivity index (χ0n) is 11.0. The average molecular weight is 367 g/mol. The molecule has 2 aromatic rings. The van der Waals surface area contributed by atoms with E-state index in [2.05, 4.69) is 21.2 Å². The largest absolute Gasteiger partial charge is 0.390 e. The van der Waals surface area contributed by atoms with Gasteiger partial charge >= 0.3 is 0 Å². The summed E-state index contributed by atoms with van der Waals surface area (Å²) in [6.07, 6.45) is -0.0412. The second kappa shape index (κ2) is 5.79. The molecular formula is C16H13BrClNO2. The zero-order valence-corrected chi connectivity index (χ0v) is 13.4. The van der Waals surface area contributed by atoms with Crippen LogP contribution in [0.15, 0.2) is 46.9 Å². The first-order valence-corrected chi connectivity index (χ1v) is 7.75. The molecule has 2 atom stereocenters. The minimum absolute atomic E-state index is 0.237. The van der Waals surface area contributed by atoms with Gasteiger partial charge < -0.3 is 10.4 Å². The van der Waals surface area contributed by atoms with Gasteiger partial charge in [-0.3, -0.25) is 4.79 Å². The lowest BCUT2D eigenvalue weighted by Gasteiger charge is -2.18. The summed E-state index contributed by atoms with van der Waals surface area (Å²) in [6, 6.07) is 12.4. The lowest BCUT2D eigenvalue weighted by molar-refractivity contribution is 0.0857. The molecule has 3 nitrogen and oxygen atoms in total. The van der Waals surface area contributed by atoms with Gasteiger partial charge in [0.15, 0.2) is 0 Å². The molecule has 0 aromatic heterocycles. The summed E-state index contributed by atoms with van der Waals surface area (Å²) in [6.45, 7) is 0. The highest BCUT2D eigenvalue weighted by molar-refractivity contribution is 9.10. The molecule has 1 aliphatic rings. The Hall–Kier alpha value is -1.36. The Morgan fingerprint density at radius 2 is 2.05 bits per heavy atom. The van der Waals surface area contributed by atoms with Crippen molar-refractivity contribution >= 4 is 33.4 Å². The maximum Gasteiger partial charge on any atom is 0.253 e. The number of benzene rings is 2. The van der Waals surface area contributed by atoms with Gasteiger partial charge in [0.2, 0.25) is 0 Å². The van der Waals surface area contributed by atoms with Crippen molar-refractivity contribution in [3.05, 3.63) is 68.7 Å². The van der Waals surface area contributed by atoms with Crippen LogP contribution < -0.4 is 5.32 Å². The van der Waals surface area contributed by atoms with Gasteiger partial charge in [0.1, 0.15) is 0 Å². The number of carbonyl (C=O) groups excluding carboxylic acids is 1. The molecule has 108 valence electrons.